The molecule has 1 N–H and O–H groups in total. The van der Waals surface area contributed by atoms with Crippen molar-refractivity contribution in [2.45, 2.75) is 38.6 Å². The maximum Gasteiger partial charge on any atom is 0.414 e. The molecule has 0 saturated carbocycles. The van der Waals surface area contributed by atoms with E-state index in [1.165, 1.54) is 17.7 Å². The van der Waals surface area contributed by atoms with Crippen molar-refractivity contribution in [2.24, 2.45) is 0 Å². The second-order valence-electron chi connectivity index (χ2n) is 7.90. The monoisotopic (exact) mass is 434 g/mol. The average Bonchev–Trinajstić information content (AvgIpc) is 2.83. The second kappa shape index (κ2) is 10.2. The highest BCUT2D eigenvalue weighted by Crippen LogP contribution is 2.29. The summed E-state index contributed by atoms with van der Waals surface area (Å²) in [5, 5.41) is 3.34. The Balaban J connectivity index is 1.35. The number of rotatable bonds is 7. The minimum Gasteiger partial charge on any atom is -0.449 e. The van der Waals surface area contributed by atoms with E-state index in [0.29, 0.717) is 13.2 Å². The van der Waals surface area contributed by atoms with Gasteiger partial charge in [0.15, 0.2) is 0 Å². The highest BCUT2D eigenvalue weighted by atomic mass is 19.1. The molecule has 6 nitrogen and oxygen atoms in total. The third-order valence-corrected chi connectivity index (χ3v) is 5.53. The molecule has 0 bridgehead atoms. The number of nitrogens with zero attached hydrogens (tertiary/aromatic N) is 3. The number of pyridine rings is 2. The molecule has 1 amide bonds. The van der Waals surface area contributed by atoms with E-state index in [2.05, 4.69) is 10.3 Å². The van der Waals surface area contributed by atoms with Crippen LogP contribution in [0.1, 0.15) is 42.8 Å². The van der Waals surface area contributed by atoms with Gasteiger partial charge in [-0.05, 0) is 86.7 Å². The van der Waals surface area contributed by atoms with Crippen LogP contribution in [0.3, 0.4) is 0 Å². The van der Waals surface area contributed by atoms with Gasteiger partial charge in [-0.3, -0.25) is 14.9 Å². The van der Waals surface area contributed by atoms with Gasteiger partial charge in [0.2, 0.25) is 0 Å². The van der Waals surface area contributed by atoms with E-state index in [4.69, 9.17) is 9.72 Å². The van der Waals surface area contributed by atoms with Crippen molar-refractivity contribution in [1.82, 2.24) is 9.97 Å². The molecule has 1 aromatic carbocycles. The number of carbonyl (C=O) groups is 1. The number of nitrogens with one attached hydrogen (secondary N) is 1. The number of aryl methyl sites for hydroxylation is 2. The van der Waals surface area contributed by atoms with Crippen LogP contribution in [0, 0.1) is 5.82 Å². The largest absolute Gasteiger partial charge is 0.449 e. The van der Waals surface area contributed by atoms with Crippen molar-refractivity contribution < 1.29 is 13.9 Å². The number of carbonyl (C=O) groups excluding carboxylic acids is 1. The first-order valence-electron chi connectivity index (χ1n) is 11.0. The van der Waals surface area contributed by atoms with Crippen LogP contribution in [-0.4, -0.2) is 29.2 Å². The molecule has 0 saturated heterocycles. The molecule has 4 rings (SSSR count). The molecule has 0 fully saturated rings. The Morgan fingerprint density at radius 1 is 1.16 bits per heavy atom. The Hall–Kier alpha value is -3.48. The topological polar surface area (TPSA) is 67.4 Å². The van der Waals surface area contributed by atoms with Crippen LogP contribution in [0.5, 0.6) is 0 Å². The summed E-state index contributed by atoms with van der Waals surface area (Å²) in [5.41, 5.74) is 4.60. The molecule has 166 valence electrons. The minimum absolute atomic E-state index is 0.0544. The van der Waals surface area contributed by atoms with Crippen LogP contribution in [0.25, 0.3) is 0 Å². The molecule has 7 heteroatoms. The molecule has 1 atom stereocenters. The zero-order chi connectivity index (χ0) is 22.3. The van der Waals surface area contributed by atoms with Crippen LogP contribution in [0.4, 0.5) is 20.6 Å². The predicted molar refractivity (Wildman–Crippen MR) is 122 cm³/mol. The third kappa shape index (κ3) is 5.41. The molecular formula is C25H27FN4O2. The summed E-state index contributed by atoms with van der Waals surface area (Å²) in [6, 6.07) is 14.0. The number of hydrogen-bond donors (Lipinski definition) is 1. The van der Waals surface area contributed by atoms with Gasteiger partial charge in [-0.25, -0.2) is 9.18 Å². The van der Waals surface area contributed by atoms with Gasteiger partial charge in [0.25, 0.3) is 0 Å². The van der Waals surface area contributed by atoms with Gasteiger partial charge >= 0.3 is 6.09 Å². The van der Waals surface area contributed by atoms with Crippen LogP contribution in [0.2, 0.25) is 0 Å². The fraction of sp³-hybridized carbons (Fsp3) is 0.320. The van der Waals surface area contributed by atoms with Crippen LogP contribution in [-0.2, 0) is 17.6 Å². The fourth-order valence-corrected chi connectivity index (χ4v) is 3.83. The van der Waals surface area contributed by atoms with Crippen LogP contribution in [0.15, 0.2) is 60.9 Å². The number of anilines is 2. The standard InChI is InChI=1S/C25H27FN4O2/c1-18(28-21-8-6-20(26)7-9-21)22-10-11-24-23(29-22)5-2-16-30(24)25(31)32-17-3-4-19-12-14-27-15-13-19/h6-15,18,28H,2-5,16-17H2,1H3. The molecular weight excluding hydrogens is 407 g/mol. The Kier molecular flexibility index (Phi) is 6.94. The third-order valence-electron chi connectivity index (χ3n) is 5.53. The molecule has 0 spiro atoms. The Labute approximate surface area is 187 Å². The maximum atomic E-state index is 13.1. The van der Waals surface area contributed by atoms with Crippen molar-refractivity contribution in [2.75, 3.05) is 23.4 Å². The molecule has 3 aromatic rings. The summed E-state index contributed by atoms with van der Waals surface area (Å²) < 4.78 is 18.7. The lowest BCUT2D eigenvalue weighted by Gasteiger charge is -2.29. The lowest BCUT2D eigenvalue weighted by atomic mass is 10.1. The number of aromatic nitrogens is 2. The van der Waals surface area contributed by atoms with E-state index < -0.39 is 0 Å². The molecule has 1 aliphatic rings. The van der Waals surface area contributed by atoms with Crippen molar-refractivity contribution in [3.8, 4) is 0 Å². The van der Waals surface area contributed by atoms with Gasteiger partial charge in [0.05, 0.1) is 29.7 Å². The number of fused-ring (bicyclic) bond motifs is 1. The summed E-state index contributed by atoms with van der Waals surface area (Å²) in [5.74, 6) is -0.264. The first-order chi connectivity index (χ1) is 15.6. The highest BCUT2D eigenvalue weighted by Gasteiger charge is 2.25. The molecule has 2 aromatic heterocycles. The Morgan fingerprint density at radius 3 is 2.72 bits per heavy atom. The molecule has 1 unspecified atom stereocenters. The predicted octanol–water partition coefficient (Wildman–Crippen LogP) is 5.31. The smallest absolute Gasteiger partial charge is 0.414 e. The van der Waals surface area contributed by atoms with Gasteiger partial charge in [0, 0.05) is 24.6 Å². The molecule has 0 aliphatic carbocycles. The van der Waals surface area contributed by atoms with E-state index in [0.717, 1.165) is 48.4 Å². The first kappa shape index (κ1) is 21.7. The fourth-order valence-electron chi connectivity index (χ4n) is 3.83. The second-order valence-corrected chi connectivity index (χ2v) is 7.90. The first-order valence-corrected chi connectivity index (χ1v) is 11.0. The Morgan fingerprint density at radius 2 is 1.94 bits per heavy atom. The van der Waals surface area contributed by atoms with E-state index >= 15 is 0 Å². The highest BCUT2D eigenvalue weighted by molar-refractivity contribution is 5.88. The zero-order valence-electron chi connectivity index (χ0n) is 18.1. The quantitative estimate of drug-likeness (QED) is 0.511. The summed E-state index contributed by atoms with van der Waals surface area (Å²) in [6.07, 6.45) is 6.48. The number of amides is 1. The van der Waals surface area contributed by atoms with Crippen molar-refractivity contribution in [1.29, 1.82) is 0 Å². The number of ether oxygens (including phenoxy) is 1. The summed E-state index contributed by atoms with van der Waals surface area (Å²) in [6.45, 7) is 3.01. The molecule has 1 aliphatic heterocycles. The minimum atomic E-state index is -0.326. The van der Waals surface area contributed by atoms with Crippen LogP contribution >= 0.6 is 0 Å². The zero-order valence-corrected chi connectivity index (χ0v) is 18.1. The van der Waals surface area contributed by atoms with E-state index in [-0.39, 0.29) is 18.0 Å². The van der Waals surface area contributed by atoms with E-state index in [9.17, 15) is 9.18 Å². The van der Waals surface area contributed by atoms with Crippen molar-refractivity contribution >= 4 is 17.5 Å². The molecule has 0 radical (unpaired) electrons. The maximum absolute atomic E-state index is 13.1. The number of halogens is 1. The van der Waals surface area contributed by atoms with Crippen molar-refractivity contribution in [3.05, 3.63) is 83.7 Å². The Bertz CT molecular complexity index is 1040. The van der Waals surface area contributed by atoms with Gasteiger partial charge in [0.1, 0.15) is 5.82 Å². The van der Waals surface area contributed by atoms with Gasteiger partial charge < -0.3 is 10.1 Å². The van der Waals surface area contributed by atoms with Crippen molar-refractivity contribution in [3.63, 3.8) is 0 Å². The van der Waals surface area contributed by atoms with Crippen LogP contribution < -0.4 is 10.2 Å². The summed E-state index contributed by atoms with van der Waals surface area (Å²) in [7, 11) is 0. The lowest BCUT2D eigenvalue weighted by Crippen LogP contribution is -2.36. The number of hydrogen-bond acceptors (Lipinski definition) is 5. The summed E-state index contributed by atoms with van der Waals surface area (Å²) in [4.78, 5) is 23.2. The number of benzene rings is 1. The van der Waals surface area contributed by atoms with E-state index in [1.807, 2.05) is 31.2 Å². The SMILES string of the molecule is CC(Nc1ccc(F)cc1)c1ccc2c(n1)CCCN2C(=O)OCCCc1ccncc1. The van der Waals surface area contributed by atoms with E-state index in [1.54, 1.807) is 29.4 Å². The molecule has 32 heavy (non-hydrogen) atoms. The average molecular weight is 435 g/mol. The van der Waals surface area contributed by atoms with Gasteiger partial charge in [-0.15, -0.1) is 0 Å². The summed E-state index contributed by atoms with van der Waals surface area (Å²) >= 11 is 0. The lowest BCUT2D eigenvalue weighted by molar-refractivity contribution is 0.151. The molecule has 3 heterocycles. The normalized spacial score (nSPS) is 13.9. The van der Waals surface area contributed by atoms with Gasteiger partial charge in [-0.2, -0.15) is 0 Å². The van der Waals surface area contributed by atoms with Gasteiger partial charge in [-0.1, -0.05) is 0 Å².